The van der Waals surface area contributed by atoms with Crippen molar-refractivity contribution in [3.8, 4) is 50.6 Å². The Labute approximate surface area is 318 Å². The molecule has 0 aliphatic heterocycles. The van der Waals surface area contributed by atoms with Crippen molar-refractivity contribution in [2.75, 3.05) is 0 Å². The first-order valence-corrected chi connectivity index (χ1v) is 18.7. The van der Waals surface area contributed by atoms with Crippen LogP contribution in [0.25, 0.3) is 105 Å². The molecule has 0 saturated heterocycles. The van der Waals surface area contributed by atoms with Crippen LogP contribution in [0.3, 0.4) is 0 Å². The Hall–Kier alpha value is -7.36. The minimum atomic E-state index is 0.930. The van der Waals surface area contributed by atoms with E-state index in [9.17, 15) is 0 Å². The van der Waals surface area contributed by atoms with Crippen molar-refractivity contribution in [2.45, 2.75) is 0 Å². The molecule has 55 heavy (non-hydrogen) atoms. The van der Waals surface area contributed by atoms with Gasteiger partial charge in [-0.1, -0.05) is 152 Å². The molecule has 0 fully saturated rings. The average molecular weight is 700 g/mol. The van der Waals surface area contributed by atoms with Gasteiger partial charge >= 0.3 is 0 Å². The minimum absolute atomic E-state index is 0.930. The van der Waals surface area contributed by atoms with Gasteiger partial charge in [0.15, 0.2) is 0 Å². The highest BCUT2D eigenvalue weighted by Gasteiger charge is 2.18. The summed E-state index contributed by atoms with van der Waals surface area (Å²) in [6.45, 7) is 0. The molecule has 0 amide bonds. The maximum atomic E-state index is 5.47. The Morgan fingerprint density at radius 1 is 0.345 bits per heavy atom. The van der Waals surface area contributed by atoms with E-state index in [1.807, 2.05) is 12.1 Å². The van der Waals surface area contributed by atoms with Gasteiger partial charge < -0.3 is 0 Å². The van der Waals surface area contributed by atoms with Crippen LogP contribution in [-0.4, -0.2) is 14.5 Å². The number of rotatable bonds is 5. The third-order valence-corrected chi connectivity index (χ3v) is 11.0. The van der Waals surface area contributed by atoms with E-state index in [1.54, 1.807) is 0 Å². The van der Waals surface area contributed by atoms with Crippen LogP contribution in [0, 0.1) is 0 Å². The smallest absolute Gasteiger partial charge is 0.145 e. The quantitative estimate of drug-likeness (QED) is 0.167. The van der Waals surface area contributed by atoms with Crippen LogP contribution in [0.1, 0.15) is 0 Å². The van der Waals surface area contributed by atoms with Gasteiger partial charge in [-0.05, 0) is 97.7 Å². The van der Waals surface area contributed by atoms with Gasteiger partial charge in [-0.25, -0.2) is 9.97 Å². The molecule has 11 rings (SSSR count). The van der Waals surface area contributed by atoms with Crippen molar-refractivity contribution in [2.24, 2.45) is 0 Å². The van der Waals surface area contributed by atoms with Crippen LogP contribution >= 0.6 is 0 Å². The summed E-state index contributed by atoms with van der Waals surface area (Å²) in [5.41, 5.74) is 11.9. The minimum Gasteiger partial charge on any atom is -0.292 e. The van der Waals surface area contributed by atoms with Crippen LogP contribution < -0.4 is 0 Å². The number of aromatic nitrogens is 3. The highest BCUT2D eigenvalue weighted by molar-refractivity contribution is 6.16. The standard InChI is InChI=1S/C52H33N3/c1-2-14-37(15-3-1)52-54-48-20-10-11-21-50(48)55(52)42-28-26-36(27-29-42)45-32-47-46(40-24-22-34-12-4-6-16-38(34)30-40)33-49(53-51(47)44-19-9-8-18-43(44)45)41-25-23-35-13-5-7-17-39(35)31-41/h1-33H. The number of hydrogen-bond acceptors (Lipinski definition) is 2. The third-order valence-electron chi connectivity index (χ3n) is 11.0. The summed E-state index contributed by atoms with van der Waals surface area (Å²) in [6.07, 6.45) is 0. The monoisotopic (exact) mass is 699 g/mol. The molecule has 2 aromatic heterocycles. The lowest BCUT2D eigenvalue weighted by Crippen LogP contribution is -1.97. The fourth-order valence-corrected chi connectivity index (χ4v) is 8.24. The summed E-state index contributed by atoms with van der Waals surface area (Å²) in [4.78, 5) is 10.5. The van der Waals surface area contributed by atoms with Crippen LogP contribution in [0.2, 0.25) is 0 Å². The SMILES string of the molecule is c1ccc(-c2nc3ccccc3n2-c2ccc(-c3cc4c(-c5ccc6ccccc6c5)cc(-c5ccc6ccccc6c5)nc4c4ccccc34)cc2)cc1. The van der Waals surface area contributed by atoms with E-state index in [-0.39, 0.29) is 0 Å². The van der Waals surface area contributed by atoms with E-state index >= 15 is 0 Å². The Morgan fingerprint density at radius 3 is 1.69 bits per heavy atom. The molecule has 0 aliphatic rings. The highest BCUT2D eigenvalue weighted by Crippen LogP contribution is 2.41. The first-order valence-electron chi connectivity index (χ1n) is 18.7. The summed E-state index contributed by atoms with van der Waals surface area (Å²) >= 11 is 0. The van der Waals surface area contributed by atoms with Gasteiger partial charge in [0.2, 0.25) is 0 Å². The summed E-state index contributed by atoms with van der Waals surface area (Å²) in [6, 6.07) is 71.7. The summed E-state index contributed by atoms with van der Waals surface area (Å²) < 4.78 is 2.27. The fourth-order valence-electron chi connectivity index (χ4n) is 8.24. The summed E-state index contributed by atoms with van der Waals surface area (Å²) in [7, 11) is 0. The number of fused-ring (bicyclic) bond motifs is 6. The molecular formula is C52H33N3. The van der Waals surface area contributed by atoms with Crippen molar-refractivity contribution < 1.29 is 0 Å². The molecule has 0 atom stereocenters. The Bertz CT molecular complexity index is 3250. The molecule has 9 aromatic carbocycles. The molecule has 0 aliphatic carbocycles. The lowest BCUT2D eigenvalue weighted by atomic mass is 9.90. The van der Waals surface area contributed by atoms with E-state index < -0.39 is 0 Å². The van der Waals surface area contributed by atoms with Gasteiger partial charge in [0.05, 0.1) is 22.2 Å². The van der Waals surface area contributed by atoms with Crippen molar-refractivity contribution in [1.82, 2.24) is 14.5 Å². The predicted octanol–water partition coefficient (Wildman–Crippen LogP) is 13.7. The molecule has 0 unspecified atom stereocenters. The number of pyridine rings is 1. The zero-order valence-electron chi connectivity index (χ0n) is 29.9. The van der Waals surface area contributed by atoms with Gasteiger partial charge in [-0.2, -0.15) is 0 Å². The van der Waals surface area contributed by atoms with Gasteiger partial charge in [-0.3, -0.25) is 4.57 Å². The van der Waals surface area contributed by atoms with Gasteiger partial charge in [0.25, 0.3) is 0 Å². The second-order valence-corrected chi connectivity index (χ2v) is 14.2. The van der Waals surface area contributed by atoms with Crippen LogP contribution in [0.4, 0.5) is 0 Å². The molecule has 3 heteroatoms. The molecule has 0 radical (unpaired) electrons. The second-order valence-electron chi connectivity index (χ2n) is 14.2. The van der Waals surface area contributed by atoms with E-state index in [4.69, 9.17) is 9.97 Å². The normalized spacial score (nSPS) is 11.6. The van der Waals surface area contributed by atoms with E-state index in [2.05, 4.69) is 193 Å². The molecular weight excluding hydrogens is 667 g/mol. The summed E-state index contributed by atoms with van der Waals surface area (Å²) in [5.74, 6) is 0.930. The Kier molecular flexibility index (Phi) is 7.17. The van der Waals surface area contributed by atoms with Crippen LogP contribution in [0.5, 0.6) is 0 Å². The Balaban J connectivity index is 1.13. The number of benzene rings is 9. The maximum Gasteiger partial charge on any atom is 0.145 e. The first kappa shape index (κ1) is 31.2. The van der Waals surface area contributed by atoms with Crippen LogP contribution in [-0.2, 0) is 0 Å². The molecule has 11 aromatic rings. The third kappa shape index (κ3) is 5.28. The molecule has 0 bridgehead atoms. The van der Waals surface area contributed by atoms with E-state index in [0.29, 0.717) is 0 Å². The largest absolute Gasteiger partial charge is 0.292 e. The highest BCUT2D eigenvalue weighted by atomic mass is 15.1. The lowest BCUT2D eigenvalue weighted by molar-refractivity contribution is 1.10. The molecule has 256 valence electrons. The molecule has 3 nitrogen and oxygen atoms in total. The Morgan fingerprint density at radius 2 is 0.927 bits per heavy atom. The van der Waals surface area contributed by atoms with Gasteiger partial charge in [0, 0.05) is 27.6 Å². The van der Waals surface area contributed by atoms with Crippen LogP contribution in [0.15, 0.2) is 200 Å². The van der Waals surface area contributed by atoms with Gasteiger partial charge in [0.1, 0.15) is 5.82 Å². The number of hydrogen-bond donors (Lipinski definition) is 0. The summed E-state index contributed by atoms with van der Waals surface area (Å²) in [5, 5.41) is 8.31. The zero-order valence-corrected chi connectivity index (χ0v) is 29.9. The number of para-hydroxylation sites is 2. The van der Waals surface area contributed by atoms with Crippen molar-refractivity contribution >= 4 is 54.3 Å². The fraction of sp³-hybridized carbons (Fsp3) is 0. The predicted molar refractivity (Wildman–Crippen MR) is 231 cm³/mol. The maximum absolute atomic E-state index is 5.47. The second kappa shape index (κ2) is 12.6. The molecule has 2 heterocycles. The first-order chi connectivity index (χ1) is 27.2. The van der Waals surface area contributed by atoms with Crippen molar-refractivity contribution in [3.05, 3.63) is 200 Å². The number of nitrogens with zero attached hydrogens (tertiary/aromatic N) is 3. The van der Waals surface area contributed by atoms with Crippen molar-refractivity contribution in [1.29, 1.82) is 0 Å². The molecule has 0 spiro atoms. The van der Waals surface area contributed by atoms with E-state index in [0.717, 1.165) is 61.2 Å². The molecule has 0 saturated carbocycles. The van der Waals surface area contributed by atoms with Gasteiger partial charge in [-0.15, -0.1) is 0 Å². The lowest BCUT2D eigenvalue weighted by Gasteiger charge is -2.17. The number of imidazole rings is 1. The average Bonchev–Trinajstić information content (AvgIpc) is 3.65. The van der Waals surface area contributed by atoms with Crippen molar-refractivity contribution in [3.63, 3.8) is 0 Å². The van der Waals surface area contributed by atoms with E-state index in [1.165, 1.54) is 43.6 Å². The zero-order chi connectivity index (χ0) is 36.3. The molecule has 0 N–H and O–H groups in total. The topological polar surface area (TPSA) is 30.7 Å².